The maximum atomic E-state index is 12.0. The van der Waals surface area contributed by atoms with Crippen LogP contribution in [0.15, 0.2) is 29.1 Å². The van der Waals surface area contributed by atoms with Crippen molar-refractivity contribution in [3.05, 3.63) is 45.9 Å². The summed E-state index contributed by atoms with van der Waals surface area (Å²) in [5, 5.41) is 9.32. The Balaban J connectivity index is 2.37. The topological polar surface area (TPSA) is 101 Å². The number of esters is 1. The molecule has 0 spiro atoms. The Kier molecular flexibility index (Phi) is 6.61. The monoisotopic (exact) mass is 370 g/mol. The Morgan fingerprint density at radius 1 is 1.22 bits per heavy atom. The van der Waals surface area contributed by atoms with Gasteiger partial charge in [0.1, 0.15) is 11.6 Å². The molecule has 0 saturated heterocycles. The minimum Gasteiger partial charge on any atom is -0.490 e. The van der Waals surface area contributed by atoms with Gasteiger partial charge in [-0.2, -0.15) is 5.26 Å². The van der Waals surface area contributed by atoms with Gasteiger partial charge < -0.3 is 19.2 Å². The number of pyridine rings is 1. The number of H-pyrrole nitrogens is 1. The average molecular weight is 370 g/mol. The van der Waals surface area contributed by atoms with Crippen molar-refractivity contribution >= 4 is 5.97 Å². The zero-order valence-corrected chi connectivity index (χ0v) is 15.8. The molecule has 7 nitrogen and oxygen atoms in total. The molecule has 0 aliphatic heterocycles. The molecule has 0 amide bonds. The smallest absolute Gasteiger partial charge is 0.344 e. The molecule has 7 heteroatoms. The van der Waals surface area contributed by atoms with Crippen molar-refractivity contribution in [1.82, 2.24) is 4.98 Å². The molecule has 2 rings (SSSR count). The molecule has 0 unspecified atom stereocenters. The summed E-state index contributed by atoms with van der Waals surface area (Å²) in [4.78, 5) is 26.3. The van der Waals surface area contributed by atoms with Gasteiger partial charge in [-0.1, -0.05) is 6.07 Å². The van der Waals surface area contributed by atoms with Gasteiger partial charge in [-0.25, -0.2) is 4.79 Å². The molecule has 0 radical (unpaired) electrons. The molecule has 0 fully saturated rings. The molecule has 0 atom stereocenters. The number of hydrogen-bond acceptors (Lipinski definition) is 6. The SMILES string of the molecule is CCOc1cc(-c2cc(C)[nH]c(=O)c2C#N)ccc1OCC(=O)OC(C)C. The number of aryl methyl sites for hydroxylation is 1. The summed E-state index contributed by atoms with van der Waals surface area (Å²) < 4.78 is 16.2. The molecule has 2 aromatic rings. The molecule has 0 saturated carbocycles. The number of aromatic nitrogens is 1. The van der Waals surface area contributed by atoms with Crippen LogP contribution in [0.1, 0.15) is 32.0 Å². The van der Waals surface area contributed by atoms with Crippen molar-refractivity contribution in [2.24, 2.45) is 0 Å². The number of aromatic amines is 1. The van der Waals surface area contributed by atoms with Crippen LogP contribution in [0.25, 0.3) is 11.1 Å². The van der Waals surface area contributed by atoms with Gasteiger partial charge in [-0.05, 0) is 51.5 Å². The summed E-state index contributed by atoms with van der Waals surface area (Å²) >= 11 is 0. The van der Waals surface area contributed by atoms with Gasteiger partial charge in [-0.3, -0.25) is 4.79 Å². The van der Waals surface area contributed by atoms with Gasteiger partial charge >= 0.3 is 5.97 Å². The molecule has 27 heavy (non-hydrogen) atoms. The van der Waals surface area contributed by atoms with Crippen LogP contribution >= 0.6 is 0 Å². The van der Waals surface area contributed by atoms with Crippen molar-refractivity contribution in [1.29, 1.82) is 5.26 Å². The Morgan fingerprint density at radius 3 is 2.59 bits per heavy atom. The minimum absolute atomic E-state index is 0.0252. The van der Waals surface area contributed by atoms with E-state index in [4.69, 9.17) is 14.2 Å². The summed E-state index contributed by atoms with van der Waals surface area (Å²) in [6.45, 7) is 7.22. The molecule has 1 aromatic carbocycles. The van der Waals surface area contributed by atoms with E-state index in [0.29, 0.717) is 34.9 Å². The van der Waals surface area contributed by atoms with Gasteiger partial charge in [0.2, 0.25) is 0 Å². The van der Waals surface area contributed by atoms with Crippen LogP contribution in [0.3, 0.4) is 0 Å². The summed E-state index contributed by atoms with van der Waals surface area (Å²) in [6, 6.07) is 8.70. The first-order valence-electron chi connectivity index (χ1n) is 8.59. The zero-order chi connectivity index (χ0) is 20.0. The van der Waals surface area contributed by atoms with Gasteiger partial charge in [0, 0.05) is 11.3 Å². The maximum Gasteiger partial charge on any atom is 0.344 e. The predicted molar refractivity (Wildman–Crippen MR) is 99.8 cm³/mol. The predicted octanol–water partition coefficient (Wildman–Crippen LogP) is 2.95. The molecular formula is C20H22N2O5. The third kappa shape index (κ3) is 5.11. The number of nitrogens with one attached hydrogen (secondary N) is 1. The number of nitriles is 1. The van der Waals surface area contributed by atoms with E-state index in [1.54, 1.807) is 45.0 Å². The van der Waals surface area contributed by atoms with E-state index in [1.165, 1.54) is 0 Å². The van der Waals surface area contributed by atoms with Crippen LogP contribution in [0, 0.1) is 18.3 Å². The Labute approximate surface area is 157 Å². The lowest BCUT2D eigenvalue weighted by atomic mass is 10.0. The third-order valence-corrected chi connectivity index (χ3v) is 3.55. The van der Waals surface area contributed by atoms with Gasteiger partial charge in [0.05, 0.1) is 12.7 Å². The molecule has 1 N–H and O–H groups in total. The van der Waals surface area contributed by atoms with Gasteiger partial charge in [-0.15, -0.1) is 0 Å². The Morgan fingerprint density at radius 2 is 1.96 bits per heavy atom. The summed E-state index contributed by atoms with van der Waals surface area (Å²) in [5.41, 5.74) is 1.37. The highest BCUT2D eigenvalue weighted by Gasteiger charge is 2.15. The first-order valence-corrected chi connectivity index (χ1v) is 8.59. The fourth-order valence-corrected chi connectivity index (χ4v) is 2.52. The number of carbonyl (C=O) groups is 1. The Bertz CT molecular complexity index is 925. The number of ether oxygens (including phenoxy) is 3. The molecule has 1 heterocycles. The number of carbonyl (C=O) groups excluding carboxylic acids is 1. The normalized spacial score (nSPS) is 10.4. The number of nitrogens with zero attached hydrogens (tertiary/aromatic N) is 1. The van der Waals surface area contributed by atoms with Crippen LogP contribution in [0.4, 0.5) is 0 Å². The van der Waals surface area contributed by atoms with Gasteiger partial charge in [0.15, 0.2) is 18.1 Å². The highest BCUT2D eigenvalue weighted by Crippen LogP contribution is 2.33. The standard InChI is InChI=1S/C20H22N2O5/c1-5-25-18-9-14(15-8-13(4)22-20(24)16(15)10-21)6-7-17(18)26-11-19(23)27-12(2)3/h6-9,12H,5,11H2,1-4H3,(H,22,24). The lowest BCUT2D eigenvalue weighted by Gasteiger charge is -2.14. The lowest BCUT2D eigenvalue weighted by Crippen LogP contribution is -2.19. The summed E-state index contributed by atoms with van der Waals surface area (Å²) in [7, 11) is 0. The van der Waals surface area contributed by atoms with E-state index < -0.39 is 11.5 Å². The highest BCUT2D eigenvalue weighted by molar-refractivity contribution is 5.74. The fraction of sp³-hybridized carbons (Fsp3) is 0.350. The average Bonchev–Trinajstić information content (AvgIpc) is 2.59. The molecule has 0 aliphatic carbocycles. The largest absolute Gasteiger partial charge is 0.490 e. The minimum atomic E-state index is -0.478. The molecule has 142 valence electrons. The number of rotatable bonds is 7. The van der Waals surface area contributed by atoms with E-state index in [9.17, 15) is 14.9 Å². The van der Waals surface area contributed by atoms with Crippen molar-refractivity contribution in [2.45, 2.75) is 33.8 Å². The van der Waals surface area contributed by atoms with Crippen LogP contribution in [-0.4, -0.2) is 30.3 Å². The Hall–Kier alpha value is -3.27. The summed E-state index contributed by atoms with van der Waals surface area (Å²) in [6.07, 6.45) is -0.223. The summed E-state index contributed by atoms with van der Waals surface area (Å²) in [5.74, 6) is 0.309. The van der Waals surface area contributed by atoms with Crippen LogP contribution in [0.5, 0.6) is 11.5 Å². The van der Waals surface area contributed by atoms with Crippen molar-refractivity contribution in [2.75, 3.05) is 13.2 Å². The fourth-order valence-electron chi connectivity index (χ4n) is 2.52. The van der Waals surface area contributed by atoms with Crippen molar-refractivity contribution < 1.29 is 19.0 Å². The van der Waals surface area contributed by atoms with E-state index in [2.05, 4.69) is 4.98 Å². The molecule has 1 aromatic heterocycles. The number of benzene rings is 1. The van der Waals surface area contributed by atoms with Crippen LogP contribution in [0.2, 0.25) is 0 Å². The lowest BCUT2D eigenvalue weighted by molar-refractivity contribution is -0.149. The van der Waals surface area contributed by atoms with Crippen LogP contribution < -0.4 is 15.0 Å². The second-order valence-corrected chi connectivity index (χ2v) is 6.10. The van der Waals surface area contributed by atoms with Crippen molar-refractivity contribution in [3.63, 3.8) is 0 Å². The quantitative estimate of drug-likeness (QED) is 0.752. The first-order chi connectivity index (χ1) is 12.8. The maximum absolute atomic E-state index is 12.0. The molecular weight excluding hydrogens is 348 g/mol. The van der Waals surface area contributed by atoms with Gasteiger partial charge in [0.25, 0.3) is 5.56 Å². The molecule has 0 bridgehead atoms. The van der Waals surface area contributed by atoms with Crippen molar-refractivity contribution in [3.8, 4) is 28.7 Å². The first kappa shape index (κ1) is 20.0. The van der Waals surface area contributed by atoms with E-state index >= 15 is 0 Å². The second kappa shape index (κ2) is 8.90. The van der Waals surface area contributed by atoms with E-state index in [0.717, 1.165) is 0 Å². The molecule has 0 aliphatic rings. The zero-order valence-electron chi connectivity index (χ0n) is 15.8. The van der Waals surface area contributed by atoms with Crippen LogP contribution in [-0.2, 0) is 9.53 Å². The second-order valence-electron chi connectivity index (χ2n) is 6.10. The van der Waals surface area contributed by atoms with E-state index in [-0.39, 0.29) is 18.3 Å². The number of hydrogen-bond donors (Lipinski definition) is 1. The third-order valence-electron chi connectivity index (χ3n) is 3.55. The van der Waals surface area contributed by atoms with E-state index in [1.807, 2.05) is 13.0 Å². The highest BCUT2D eigenvalue weighted by atomic mass is 16.6.